The molecule has 4 rings (SSSR count). The van der Waals surface area contributed by atoms with Crippen LogP contribution in [-0.4, -0.2) is 35.0 Å². The van der Waals surface area contributed by atoms with E-state index in [-0.39, 0.29) is 11.9 Å². The lowest BCUT2D eigenvalue weighted by atomic mass is 10.1. The highest BCUT2D eigenvalue weighted by Crippen LogP contribution is 2.26. The number of benzene rings is 2. The zero-order valence-electron chi connectivity index (χ0n) is 14.2. The lowest BCUT2D eigenvalue weighted by molar-refractivity contribution is -0.121. The van der Waals surface area contributed by atoms with Crippen LogP contribution in [0.1, 0.15) is 12.0 Å². The quantitative estimate of drug-likeness (QED) is 0.753. The molecule has 2 aromatic carbocycles. The molecule has 1 aliphatic heterocycles. The molecule has 3 aromatic rings. The number of aromatic nitrogens is 2. The van der Waals surface area contributed by atoms with Crippen LogP contribution in [0.4, 0.5) is 5.82 Å². The molecule has 1 fully saturated rings. The van der Waals surface area contributed by atoms with Crippen LogP contribution >= 0.6 is 11.6 Å². The molecule has 0 saturated carbocycles. The van der Waals surface area contributed by atoms with Gasteiger partial charge in [-0.05, 0) is 36.2 Å². The highest BCUT2D eigenvalue weighted by Gasteiger charge is 2.29. The van der Waals surface area contributed by atoms with Crippen LogP contribution in [0.3, 0.4) is 0 Å². The van der Waals surface area contributed by atoms with Gasteiger partial charge in [-0.25, -0.2) is 9.97 Å². The normalized spacial score (nSPS) is 14.3. The molecular formula is C20H19ClN4O. The summed E-state index contributed by atoms with van der Waals surface area (Å²) in [5, 5.41) is 4.85. The fourth-order valence-corrected chi connectivity index (χ4v) is 3.32. The van der Waals surface area contributed by atoms with E-state index < -0.39 is 0 Å². The van der Waals surface area contributed by atoms with Gasteiger partial charge in [0.2, 0.25) is 5.91 Å². The second-order valence-electron chi connectivity index (χ2n) is 6.51. The molecular weight excluding hydrogens is 348 g/mol. The number of carbonyl (C=O) groups is 1. The Bertz CT molecular complexity index is 917. The number of para-hydroxylation sites is 1. The molecule has 0 aliphatic carbocycles. The summed E-state index contributed by atoms with van der Waals surface area (Å²) in [7, 11) is 0. The lowest BCUT2D eigenvalue weighted by Crippen LogP contribution is -2.59. The molecule has 1 saturated heterocycles. The molecule has 0 radical (unpaired) electrons. The van der Waals surface area contributed by atoms with Crippen molar-refractivity contribution in [1.82, 2.24) is 15.3 Å². The van der Waals surface area contributed by atoms with Crippen molar-refractivity contribution in [3.8, 4) is 0 Å². The summed E-state index contributed by atoms with van der Waals surface area (Å²) in [6.45, 7) is 1.54. The third-order valence-corrected chi connectivity index (χ3v) is 4.87. The van der Waals surface area contributed by atoms with Crippen molar-refractivity contribution >= 4 is 34.2 Å². The summed E-state index contributed by atoms with van der Waals surface area (Å²) < 4.78 is 0. The van der Waals surface area contributed by atoms with E-state index in [0.29, 0.717) is 11.4 Å². The Balaban J connectivity index is 1.29. The number of rotatable bonds is 5. The molecule has 1 amide bonds. The minimum Gasteiger partial charge on any atom is -0.352 e. The number of fused-ring (bicyclic) bond motifs is 1. The fourth-order valence-electron chi connectivity index (χ4n) is 3.19. The van der Waals surface area contributed by atoms with Gasteiger partial charge in [0.25, 0.3) is 0 Å². The minimum absolute atomic E-state index is 0.0807. The van der Waals surface area contributed by atoms with Gasteiger partial charge in [0.1, 0.15) is 12.1 Å². The Morgan fingerprint density at radius 2 is 1.88 bits per heavy atom. The van der Waals surface area contributed by atoms with Gasteiger partial charge in [-0.1, -0.05) is 35.9 Å². The Kier molecular flexibility index (Phi) is 4.71. The molecule has 5 nitrogen and oxygen atoms in total. The summed E-state index contributed by atoms with van der Waals surface area (Å²) in [6, 6.07) is 15.8. The van der Waals surface area contributed by atoms with Crippen LogP contribution in [0.2, 0.25) is 5.02 Å². The van der Waals surface area contributed by atoms with E-state index in [4.69, 9.17) is 11.6 Å². The zero-order valence-corrected chi connectivity index (χ0v) is 15.0. The SMILES string of the molecule is O=C(CCc1ccc(Cl)cc1)NC1CN(c2ncnc3ccccc23)C1. The van der Waals surface area contributed by atoms with Crippen LogP contribution in [-0.2, 0) is 11.2 Å². The van der Waals surface area contributed by atoms with Crippen molar-refractivity contribution in [2.75, 3.05) is 18.0 Å². The van der Waals surface area contributed by atoms with E-state index in [1.54, 1.807) is 6.33 Å². The Morgan fingerprint density at radius 3 is 2.69 bits per heavy atom. The number of amides is 1. The lowest BCUT2D eigenvalue weighted by Gasteiger charge is -2.40. The van der Waals surface area contributed by atoms with Crippen LogP contribution in [0, 0.1) is 0 Å². The van der Waals surface area contributed by atoms with Gasteiger partial charge in [0, 0.05) is 29.9 Å². The maximum absolute atomic E-state index is 12.2. The van der Waals surface area contributed by atoms with Gasteiger partial charge in [0.15, 0.2) is 0 Å². The van der Waals surface area contributed by atoms with Crippen molar-refractivity contribution < 1.29 is 4.79 Å². The van der Waals surface area contributed by atoms with Crippen molar-refractivity contribution in [2.45, 2.75) is 18.9 Å². The van der Waals surface area contributed by atoms with E-state index in [0.717, 1.165) is 41.8 Å². The average molecular weight is 367 g/mol. The van der Waals surface area contributed by atoms with Gasteiger partial charge in [0.05, 0.1) is 11.6 Å². The molecule has 1 aliphatic rings. The fraction of sp³-hybridized carbons (Fsp3) is 0.250. The maximum atomic E-state index is 12.2. The van der Waals surface area contributed by atoms with E-state index >= 15 is 0 Å². The summed E-state index contributed by atoms with van der Waals surface area (Å²) >= 11 is 5.88. The third-order valence-electron chi connectivity index (χ3n) is 4.62. The first-order chi connectivity index (χ1) is 12.7. The number of hydrogen-bond acceptors (Lipinski definition) is 4. The number of aryl methyl sites for hydroxylation is 1. The molecule has 1 N–H and O–H groups in total. The summed E-state index contributed by atoms with van der Waals surface area (Å²) in [6.07, 6.45) is 2.79. The number of anilines is 1. The van der Waals surface area contributed by atoms with Crippen LogP contribution in [0.25, 0.3) is 10.9 Å². The molecule has 6 heteroatoms. The van der Waals surface area contributed by atoms with Gasteiger partial charge in [-0.15, -0.1) is 0 Å². The zero-order chi connectivity index (χ0) is 17.9. The number of hydrogen-bond donors (Lipinski definition) is 1. The van der Waals surface area contributed by atoms with E-state index in [9.17, 15) is 4.79 Å². The van der Waals surface area contributed by atoms with Crippen LogP contribution in [0.5, 0.6) is 0 Å². The second kappa shape index (κ2) is 7.30. The minimum atomic E-state index is 0.0807. The number of nitrogens with one attached hydrogen (secondary N) is 1. The predicted octanol–water partition coefficient (Wildman–Crippen LogP) is 3.22. The molecule has 132 valence electrons. The monoisotopic (exact) mass is 366 g/mol. The third kappa shape index (κ3) is 3.63. The van der Waals surface area contributed by atoms with Gasteiger partial charge in [-0.2, -0.15) is 0 Å². The van der Waals surface area contributed by atoms with Crippen LogP contribution < -0.4 is 10.2 Å². The molecule has 2 heterocycles. The van der Waals surface area contributed by atoms with Gasteiger partial charge >= 0.3 is 0 Å². The van der Waals surface area contributed by atoms with Crippen LogP contribution in [0.15, 0.2) is 54.9 Å². The Morgan fingerprint density at radius 1 is 1.12 bits per heavy atom. The highest BCUT2D eigenvalue weighted by molar-refractivity contribution is 6.30. The highest BCUT2D eigenvalue weighted by atomic mass is 35.5. The number of halogens is 1. The van der Waals surface area contributed by atoms with Gasteiger partial charge < -0.3 is 10.2 Å². The molecule has 0 bridgehead atoms. The number of nitrogens with zero attached hydrogens (tertiary/aromatic N) is 3. The largest absolute Gasteiger partial charge is 0.352 e. The first kappa shape index (κ1) is 16.8. The van der Waals surface area contributed by atoms with E-state index in [1.807, 2.05) is 48.5 Å². The smallest absolute Gasteiger partial charge is 0.220 e. The van der Waals surface area contributed by atoms with Gasteiger partial charge in [-0.3, -0.25) is 4.79 Å². The van der Waals surface area contributed by atoms with Crippen molar-refractivity contribution in [3.05, 3.63) is 65.4 Å². The summed E-state index contributed by atoms with van der Waals surface area (Å²) in [5.74, 6) is 1.01. The number of carbonyl (C=O) groups excluding carboxylic acids is 1. The molecule has 0 unspecified atom stereocenters. The van der Waals surface area contributed by atoms with Crippen molar-refractivity contribution in [3.63, 3.8) is 0 Å². The van der Waals surface area contributed by atoms with E-state index in [1.165, 1.54) is 0 Å². The van der Waals surface area contributed by atoms with Crippen molar-refractivity contribution in [1.29, 1.82) is 0 Å². The average Bonchev–Trinajstić information content (AvgIpc) is 2.63. The molecule has 26 heavy (non-hydrogen) atoms. The molecule has 0 atom stereocenters. The van der Waals surface area contributed by atoms with Crippen molar-refractivity contribution in [2.24, 2.45) is 0 Å². The summed E-state index contributed by atoms with van der Waals surface area (Å²) in [4.78, 5) is 23.0. The Labute approximate surface area is 157 Å². The standard InChI is InChI=1S/C20H19ClN4O/c21-15-8-5-14(6-9-15)7-10-19(26)24-16-11-25(12-16)20-17-3-1-2-4-18(17)22-13-23-20/h1-6,8-9,13,16H,7,10-12H2,(H,24,26). The summed E-state index contributed by atoms with van der Waals surface area (Å²) in [5.41, 5.74) is 2.06. The molecule has 1 aromatic heterocycles. The van der Waals surface area contributed by atoms with E-state index in [2.05, 4.69) is 20.2 Å². The topological polar surface area (TPSA) is 58.1 Å². The first-order valence-corrected chi connectivity index (χ1v) is 9.05. The Hall–Kier alpha value is -2.66. The second-order valence-corrected chi connectivity index (χ2v) is 6.95. The predicted molar refractivity (Wildman–Crippen MR) is 103 cm³/mol. The molecule has 0 spiro atoms. The maximum Gasteiger partial charge on any atom is 0.220 e. The first-order valence-electron chi connectivity index (χ1n) is 8.67.